The minimum Gasteiger partial charge on any atom is -0.496 e. The number of fused-ring (bicyclic) bond motifs is 1. The number of carbonyl (C=O) groups is 4. The summed E-state index contributed by atoms with van der Waals surface area (Å²) in [5.74, 6) is -0.854. The summed E-state index contributed by atoms with van der Waals surface area (Å²) in [6, 6.07) is 18.6. The van der Waals surface area contributed by atoms with E-state index in [0.29, 0.717) is 33.0 Å². The lowest BCUT2D eigenvalue weighted by molar-refractivity contribution is 0.0642. The molecule has 1 heterocycles. The number of nitrogens with zero attached hydrogens (tertiary/aromatic N) is 2. The quantitative estimate of drug-likeness (QED) is 0.404. The van der Waals surface area contributed by atoms with E-state index in [2.05, 4.69) is 5.32 Å². The van der Waals surface area contributed by atoms with Crippen molar-refractivity contribution in [2.24, 2.45) is 0 Å². The van der Waals surface area contributed by atoms with E-state index in [1.165, 1.54) is 12.0 Å². The zero-order valence-electron chi connectivity index (χ0n) is 19.4. The molecule has 0 fully saturated rings. The average Bonchev–Trinajstić information content (AvgIpc) is 3.10. The summed E-state index contributed by atoms with van der Waals surface area (Å²) < 4.78 is 5.37. The predicted octanol–water partition coefficient (Wildman–Crippen LogP) is 4.52. The van der Waals surface area contributed by atoms with Gasteiger partial charge in [0.25, 0.3) is 23.0 Å². The SMILES string of the molecule is COc1ccc(CN2C(=O)c3ccccc3C2=O)cc1C(=O)Nc1ccccc1SC(=O)N(C)C. The molecule has 3 aromatic rings. The molecule has 0 bridgehead atoms. The minimum atomic E-state index is -0.448. The number of ether oxygens (including phenoxy) is 1. The number of nitrogens with one attached hydrogen (secondary N) is 1. The summed E-state index contributed by atoms with van der Waals surface area (Å²) in [6.45, 7) is 0.0143. The minimum absolute atomic E-state index is 0.0143. The van der Waals surface area contributed by atoms with Crippen LogP contribution in [0.2, 0.25) is 0 Å². The highest BCUT2D eigenvalue weighted by atomic mass is 32.2. The van der Waals surface area contributed by atoms with Crippen molar-refractivity contribution in [3.8, 4) is 5.75 Å². The second kappa shape index (κ2) is 10.0. The molecule has 1 aliphatic rings. The van der Waals surface area contributed by atoms with Crippen molar-refractivity contribution in [3.05, 3.63) is 89.0 Å². The number of methoxy groups -OCH3 is 1. The van der Waals surface area contributed by atoms with Crippen molar-refractivity contribution >= 4 is 40.4 Å². The van der Waals surface area contributed by atoms with Gasteiger partial charge in [-0.3, -0.25) is 24.1 Å². The molecule has 0 unspecified atom stereocenters. The van der Waals surface area contributed by atoms with Gasteiger partial charge in [0.2, 0.25) is 0 Å². The van der Waals surface area contributed by atoms with E-state index in [1.54, 1.807) is 80.8 Å². The highest BCUT2D eigenvalue weighted by Crippen LogP contribution is 2.31. The smallest absolute Gasteiger partial charge is 0.286 e. The van der Waals surface area contributed by atoms with Crippen molar-refractivity contribution in [1.82, 2.24) is 9.80 Å². The Labute approximate surface area is 206 Å². The Balaban J connectivity index is 1.58. The van der Waals surface area contributed by atoms with E-state index in [9.17, 15) is 19.2 Å². The van der Waals surface area contributed by atoms with Gasteiger partial charge in [0.15, 0.2) is 0 Å². The van der Waals surface area contributed by atoms with Gasteiger partial charge < -0.3 is 15.0 Å². The second-order valence-electron chi connectivity index (χ2n) is 7.99. The van der Waals surface area contributed by atoms with Gasteiger partial charge in [-0.15, -0.1) is 0 Å². The molecule has 0 saturated heterocycles. The molecular formula is C26H23N3O5S. The van der Waals surface area contributed by atoms with Crippen LogP contribution in [-0.2, 0) is 6.54 Å². The molecule has 0 saturated carbocycles. The number of hydrogen-bond acceptors (Lipinski definition) is 6. The molecule has 0 spiro atoms. The van der Waals surface area contributed by atoms with E-state index < -0.39 is 5.91 Å². The molecule has 1 N–H and O–H groups in total. The first-order valence-corrected chi connectivity index (χ1v) is 11.5. The number of thioether (sulfide) groups is 1. The zero-order valence-corrected chi connectivity index (χ0v) is 20.2. The lowest BCUT2D eigenvalue weighted by atomic mass is 10.1. The fraction of sp³-hybridized carbons (Fsp3) is 0.154. The van der Waals surface area contributed by atoms with Crippen LogP contribution in [0.3, 0.4) is 0 Å². The van der Waals surface area contributed by atoms with Crippen LogP contribution in [0.5, 0.6) is 5.75 Å². The van der Waals surface area contributed by atoms with Crippen LogP contribution in [0.1, 0.15) is 36.6 Å². The molecule has 4 amide bonds. The molecule has 4 rings (SSSR count). The lowest BCUT2D eigenvalue weighted by Gasteiger charge is -2.17. The number of anilines is 1. The van der Waals surface area contributed by atoms with Gasteiger partial charge in [-0.2, -0.15) is 0 Å². The third-order valence-corrected chi connectivity index (χ3v) is 6.54. The Morgan fingerprint density at radius 1 is 0.943 bits per heavy atom. The summed E-state index contributed by atoms with van der Waals surface area (Å²) in [4.78, 5) is 54.1. The predicted molar refractivity (Wildman–Crippen MR) is 133 cm³/mol. The summed E-state index contributed by atoms with van der Waals surface area (Å²) in [7, 11) is 4.76. The Hall–Kier alpha value is -4.11. The monoisotopic (exact) mass is 489 g/mol. The van der Waals surface area contributed by atoms with Crippen LogP contribution >= 0.6 is 11.8 Å². The summed E-state index contributed by atoms with van der Waals surface area (Å²) in [6.07, 6.45) is 0. The van der Waals surface area contributed by atoms with Gasteiger partial charge >= 0.3 is 0 Å². The molecule has 1 aliphatic heterocycles. The van der Waals surface area contributed by atoms with Crippen LogP contribution in [0.4, 0.5) is 10.5 Å². The Bertz CT molecular complexity index is 1300. The number of amides is 4. The first kappa shape index (κ1) is 24.0. The van der Waals surface area contributed by atoms with Gasteiger partial charge in [-0.25, -0.2) is 0 Å². The number of imide groups is 1. The van der Waals surface area contributed by atoms with E-state index in [0.717, 1.165) is 16.7 Å². The molecule has 0 radical (unpaired) electrons. The summed E-state index contributed by atoms with van der Waals surface area (Å²) in [5.41, 5.74) is 2.04. The lowest BCUT2D eigenvalue weighted by Crippen LogP contribution is -2.29. The van der Waals surface area contributed by atoms with E-state index in [4.69, 9.17) is 4.74 Å². The maximum Gasteiger partial charge on any atom is 0.286 e. The second-order valence-corrected chi connectivity index (χ2v) is 8.98. The summed E-state index contributed by atoms with van der Waals surface area (Å²) >= 11 is 1.00. The molecular weight excluding hydrogens is 466 g/mol. The third-order valence-electron chi connectivity index (χ3n) is 5.43. The van der Waals surface area contributed by atoms with E-state index in [-0.39, 0.29) is 29.2 Å². The number of para-hydroxylation sites is 1. The van der Waals surface area contributed by atoms with Gasteiger partial charge in [-0.05, 0) is 53.7 Å². The van der Waals surface area contributed by atoms with Crippen molar-refractivity contribution in [3.63, 3.8) is 0 Å². The van der Waals surface area contributed by atoms with Crippen LogP contribution in [-0.4, -0.2) is 54.0 Å². The Kier molecular flexibility index (Phi) is 6.88. The maximum atomic E-state index is 13.2. The number of rotatable bonds is 6. The first-order chi connectivity index (χ1) is 16.8. The molecule has 0 aromatic heterocycles. The normalized spacial score (nSPS) is 12.4. The van der Waals surface area contributed by atoms with Gasteiger partial charge in [0.05, 0.1) is 36.0 Å². The molecule has 178 valence electrons. The van der Waals surface area contributed by atoms with Gasteiger partial charge in [-0.1, -0.05) is 30.3 Å². The molecule has 3 aromatic carbocycles. The van der Waals surface area contributed by atoms with Crippen molar-refractivity contribution in [2.45, 2.75) is 11.4 Å². The van der Waals surface area contributed by atoms with Crippen molar-refractivity contribution in [2.75, 3.05) is 26.5 Å². The summed E-state index contributed by atoms with van der Waals surface area (Å²) in [5, 5.41) is 2.67. The van der Waals surface area contributed by atoms with Crippen LogP contribution in [0.15, 0.2) is 71.6 Å². The van der Waals surface area contributed by atoms with Crippen molar-refractivity contribution < 1.29 is 23.9 Å². The van der Waals surface area contributed by atoms with Crippen LogP contribution in [0, 0.1) is 0 Å². The Morgan fingerprint density at radius 3 is 2.20 bits per heavy atom. The van der Waals surface area contributed by atoms with Crippen LogP contribution < -0.4 is 10.1 Å². The highest BCUT2D eigenvalue weighted by Gasteiger charge is 2.35. The molecule has 8 nitrogen and oxygen atoms in total. The van der Waals surface area contributed by atoms with E-state index >= 15 is 0 Å². The van der Waals surface area contributed by atoms with Crippen LogP contribution in [0.25, 0.3) is 0 Å². The number of carbonyl (C=O) groups excluding carboxylic acids is 4. The molecule has 35 heavy (non-hydrogen) atoms. The van der Waals surface area contributed by atoms with E-state index in [1.807, 2.05) is 0 Å². The molecule has 9 heteroatoms. The topological polar surface area (TPSA) is 96.0 Å². The number of hydrogen-bond donors (Lipinski definition) is 1. The fourth-order valence-electron chi connectivity index (χ4n) is 3.63. The number of benzene rings is 3. The van der Waals surface area contributed by atoms with Gasteiger partial charge in [0, 0.05) is 19.0 Å². The molecule has 0 aliphatic carbocycles. The average molecular weight is 490 g/mol. The standard InChI is InChI=1S/C26H23N3O5S/c1-28(2)26(33)35-22-11-7-6-10-20(22)27-23(30)19-14-16(12-13-21(19)34-3)15-29-24(31)17-8-4-5-9-18(17)25(29)32/h4-14H,15H2,1-3H3,(H,27,30). The van der Waals surface area contributed by atoms with Gasteiger partial charge in [0.1, 0.15) is 5.75 Å². The molecule has 0 atom stereocenters. The highest BCUT2D eigenvalue weighted by molar-refractivity contribution is 8.13. The first-order valence-electron chi connectivity index (χ1n) is 10.7. The van der Waals surface area contributed by atoms with Crippen molar-refractivity contribution in [1.29, 1.82) is 0 Å². The fourth-order valence-corrected chi connectivity index (χ4v) is 4.38. The largest absolute Gasteiger partial charge is 0.496 e. The zero-order chi connectivity index (χ0) is 25.1. The Morgan fingerprint density at radius 2 is 1.57 bits per heavy atom. The third kappa shape index (κ3) is 4.90. The maximum absolute atomic E-state index is 13.2.